The van der Waals surface area contributed by atoms with Gasteiger partial charge in [-0.15, -0.1) is 11.3 Å². The van der Waals surface area contributed by atoms with Crippen molar-refractivity contribution in [2.24, 2.45) is 0 Å². The second-order valence-electron chi connectivity index (χ2n) is 51.0. The first-order chi connectivity index (χ1) is 69.0. The Morgan fingerprint density at radius 1 is 0.297 bits per heavy atom. The summed E-state index contributed by atoms with van der Waals surface area (Å²) in [6.45, 7) is 59.7. The van der Waals surface area contributed by atoms with Crippen LogP contribution in [-0.2, 0) is 54.1 Å². The van der Waals surface area contributed by atoms with Gasteiger partial charge in [0.25, 0.3) is 0 Å². The molecule has 0 spiro atoms. The second-order valence-corrected chi connectivity index (χ2v) is 53.2. The van der Waals surface area contributed by atoms with Gasteiger partial charge in [-0.1, -0.05) is 137 Å². The van der Waals surface area contributed by atoms with E-state index >= 15 is 0 Å². The zero-order chi connectivity index (χ0) is 100. The van der Waals surface area contributed by atoms with Crippen LogP contribution in [-0.4, -0.2) is 18.2 Å². The average Bonchev–Trinajstić information content (AvgIpc) is 1.61. The van der Waals surface area contributed by atoms with Crippen molar-refractivity contribution in [3.63, 3.8) is 0 Å². The van der Waals surface area contributed by atoms with Crippen LogP contribution >= 0.6 is 22.7 Å². The fourth-order valence-electron chi connectivity index (χ4n) is 28.0. The Hall–Kier alpha value is -12.7. The molecule has 718 valence electrons. The Morgan fingerprint density at radius 3 is 1.28 bits per heavy atom. The molecule has 145 heavy (non-hydrogen) atoms. The van der Waals surface area contributed by atoms with E-state index in [4.69, 9.17) is 0 Å². The molecule has 8 heteroatoms. The first kappa shape index (κ1) is 92.2. The maximum absolute atomic E-state index is 4.29. The van der Waals surface area contributed by atoms with Crippen molar-refractivity contribution in [2.45, 2.75) is 265 Å². The number of aryl methyl sites for hydroxylation is 2. The van der Waals surface area contributed by atoms with E-state index in [-0.39, 0.29) is 60.9 Å². The molecule has 0 atom stereocenters. The van der Waals surface area contributed by atoms with Crippen molar-refractivity contribution in [3.05, 3.63) is 357 Å². The number of rotatable bonds is 11. The molecule has 16 aromatic carbocycles. The second kappa shape index (κ2) is 31.7. The molecule has 4 nitrogen and oxygen atoms in total. The molecular weight excluding hydrogens is 1790 g/mol. The van der Waals surface area contributed by atoms with E-state index in [1.807, 2.05) is 11.3 Å². The van der Waals surface area contributed by atoms with Crippen molar-refractivity contribution < 1.29 is 0 Å². The van der Waals surface area contributed by atoms with Gasteiger partial charge in [0.05, 0.1) is 5.69 Å². The molecule has 7 aliphatic rings. The minimum atomic E-state index is -0.258. The number of hydrogen-bond acceptors (Lipinski definition) is 5. The monoisotopic (exact) mass is 1920 g/mol. The minimum absolute atomic E-state index is 0.00260. The van der Waals surface area contributed by atoms with E-state index in [1.165, 1.54) is 252 Å². The van der Waals surface area contributed by atoms with Crippen molar-refractivity contribution >= 4 is 149 Å². The summed E-state index contributed by atoms with van der Waals surface area (Å²) < 4.78 is 8.24. The maximum atomic E-state index is 4.29. The number of nitrogens with zero attached hydrogens (tertiary/aromatic N) is 2. The summed E-state index contributed by atoms with van der Waals surface area (Å²) in [4.78, 5) is 2.82. The van der Waals surface area contributed by atoms with Crippen molar-refractivity contribution in [1.29, 1.82) is 0 Å². The molecule has 0 saturated carbocycles. The summed E-state index contributed by atoms with van der Waals surface area (Å²) in [5.41, 5.74) is 50.1. The zero-order valence-corrected chi connectivity index (χ0v) is 90.7. The Bertz CT molecular complexity index is 8840. The fraction of sp³-hybridized carbons (Fsp3) is 0.299. The summed E-state index contributed by atoms with van der Waals surface area (Å²) >= 11 is 4.04. The van der Waals surface area contributed by atoms with Gasteiger partial charge in [-0.3, -0.25) is 0 Å². The Morgan fingerprint density at radius 2 is 0.724 bits per heavy atom. The summed E-state index contributed by atoms with van der Waals surface area (Å²) in [7, 11) is 0. The van der Waals surface area contributed by atoms with E-state index in [2.05, 4.69) is 477 Å². The molecular formula is C137H133B2N4S2+. The van der Waals surface area contributed by atoms with E-state index in [1.54, 1.807) is 0 Å². The molecule has 0 unspecified atom stereocenters. The molecule has 0 bridgehead atoms. The van der Waals surface area contributed by atoms with Gasteiger partial charge in [0.15, 0.2) is 0 Å². The number of thiophene rings is 2. The predicted octanol–water partition coefficient (Wildman–Crippen LogP) is 37.6. The molecule has 0 amide bonds. The molecule has 4 heterocycles. The molecule has 1 aliphatic heterocycles. The first-order valence-electron chi connectivity index (χ1n) is 53.6. The van der Waals surface area contributed by atoms with Gasteiger partial charge in [0, 0.05) is 54.0 Å². The zero-order valence-electron chi connectivity index (χ0n) is 89.1. The number of benzene rings is 16. The van der Waals surface area contributed by atoms with Crippen LogP contribution in [0.5, 0.6) is 0 Å². The SMILES string of the molecule is CB1c2sc3cc4c(cc3c2N(c2cc3c(cc2C)C(C)(C)CCC3(C)C)c2c1c(-c1cc3c(cc1Nc1ccc(-c5cccc(-c6ccc7c(-c8cc9c(cc8Nc8ccc(-c%10ccccc%10)cc8)C(C)(C)c8ccccc8-9)c8[b+]c9sc%10cc%11c(cc%10c9n(-c9cc%10c(cc9C)C(C)(C)CCC%10(C)C)c8cc7c6)C(C)(C)CCC%11(C)C)c5)cc1)C(C)(C)c1ccccc1-3)cc1ccccc21)C(C)(C)CCC4(C)C. The first-order valence-corrected chi connectivity index (χ1v) is 55.3. The Kier molecular flexibility index (Phi) is 20.1. The van der Waals surface area contributed by atoms with Crippen LogP contribution in [0.2, 0.25) is 6.82 Å². The van der Waals surface area contributed by atoms with Gasteiger partial charge in [-0.05, 0) is 157 Å². The third kappa shape index (κ3) is 14.0. The van der Waals surface area contributed by atoms with Crippen LogP contribution in [0.4, 0.5) is 39.8 Å². The number of anilines is 7. The van der Waals surface area contributed by atoms with E-state index < -0.39 is 0 Å². The van der Waals surface area contributed by atoms with Gasteiger partial charge in [-0.25, -0.2) is 0 Å². The quantitative estimate of drug-likeness (QED) is 0.1000. The van der Waals surface area contributed by atoms with Gasteiger partial charge in [0.1, 0.15) is 0 Å². The van der Waals surface area contributed by atoms with E-state index in [0.717, 1.165) is 73.3 Å². The third-order valence-corrected chi connectivity index (χ3v) is 39.8. The summed E-state index contributed by atoms with van der Waals surface area (Å²) in [6, 6.07) is 110. The third-order valence-electron chi connectivity index (χ3n) is 37.3. The fourth-order valence-corrected chi connectivity index (χ4v) is 30.4. The van der Waals surface area contributed by atoms with Crippen LogP contribution in [0.3, 0.4) is 0 Å². The minimum Gasteiger partial charge on any atom is -0.0619 e. The molecule has 0 saturated heterocycles. The van der Waals surface area contributed by atoms with Crippen LogP contribution < -0.4 is 25.8 Å². The van der Waals surface area contributed by atoms with Crippen LogP contribution in [0.25, 0.3) is 146 Å². The topological polar surface area (TPSA) is 32.2 Å². The molecule has 3 aromatic heterocycles. The van der Waals surface area contributed by atoms with Crippen LogP contribution in [0.15, 0.2) is 279 Å². The number of nitrogens with one attached hydrogen (secondary N) is 2. The van der Waals surface area contributed by atoms with Gasteiger partial charge < -0.3 is 10.2 Å². The molecule has 0 fully saturated rings. The Labute approximate surface area is 867 Å². The van der Waals surface area contributed by atoms with E-state index in [9.17, 15) is 0 Å². The Balaban J connectivity index is 0.652. The van der Waals surface area contributed by atoms with E-state index in [0.29, 0.717) is 0 Å². The van der Waals surface area contributed by atoms with Crippen molar-refractivity contribution in [1.82, 2.24) is 4.57 Å². The van der Waals surface area contributed by atoms with Crippen LogP contribution in [0, 0.1) is 13.8 Å². The predicted molar refractivity (Wildman–Crippen MR) is 630 cm³/mol. The normalized spacial score (nSPS) is 18.0. The average molecular weight is 1920 g/mol. The van der Waals surface area contributed by atoms with Crippen molar-refractivity contribution in [3.8, 4) is 83.6 Å². The van der Waals surface area contributed by atoms with Crippen LogP contribution in [0.1, 0.15) is 268 Å². The molecule has 19 aromatic rings. The van der Waals surface area contributed by atoms with Gasteiger partial charge >= 0.3 is 492 Å². The summed E-state index contributed by atoms with van der Waals surface area (Å²) in [6.07, 6.45) is 9.21. The standard InChI is InChI=1S/C137H133B2N4S2/c1-78-62-105-109(132(11,12)58-54-128(105,3)4)74-115(78)142-117-67-87-65-85(48-53-90(87)120(121(117)138-126-124(142)99-70-107-111(76-118(99)144-126)134(15,16)60-56-130(107,7)8)98-69-95-93-41-30-32-43-102(93)137(21,22)104(95)73-114(98)141-89-49-44-81(45-50-89)80-34-25-24-26-35-80)84-38-33-37-83(64-84)82-46-51-88(52-47-82)140-113-72-103-94(92-40-29-31-42-101(92)136(103,19)20)68-96(113)97-66-86-36-27-28-39-91(86)123-122(97)139(23)127-125(100-71-108-112(77-119(100)145-127)135(17,18)61-57-131(108,9)10)143(123)116-75-110-106(63-79(116)2)129(5,6)55-59-133(110,13)14/h24-53,62-77,140-141H,54-61H2,1-23H3/q+1. The molecule has 2 N–H and O–H groups in total. The molecule has 6 aliphatic carbocycles. The molecule has 0 radical (unpaired) electrons. The molecule has 26 rings (SSSR count). The smallest absolute Gasteiger partial charge is 0.0619 e. The number of hydrogen-bond donors (Lipinski definition) is 2. The van der Waals surface area contributed by atoms with Crippen molar-refractivity contribution in [2.75, 3.05) is 15.5 Å². The van der Waals surface area contributed by atoms with Gasteiger partial charge in [-0.2, -0.15) is 0 Å². The summed E-state index contributed by atoms with van der Waals surface area (Å²) in [5.74, 6) is 0. The van der Waals surface area contributed by atoms with Gasteiger partial charge in [0.2, 0.25) is 6.71 Å². The summed E-state index contributed by atoms with van der Waals surface area (Å²) in [5, 5.41) is 17.4. The number of aromatic nitrogens is 1. The number of fused-ring (bicyclic) bond motifs is 21.